The molecule has 0 saturated heterocycles. The highest BCUT2D eigenvalue weighted by Gasteiger charge is 2.33. The number of unbranched alkanes of at least 4 members (excludes halogenated alkanes) is 20. The maximum Gasteiger partial charge on any atom is 0.337 e. The Morgan fingerprint density at radius 3 is 0.806 bits per heavy atom. The van der Waals surface area contributed by atoms with Crippen molar-refractivity contribution in [3.8, 4) is 0 Å². The van der Waals surface area contributed by atoms with Crippen LogP contribution in [0, 0.1) is 0 Å². The highest BCUT2D eigenvalue weighted by atomic mass is 28.4. The van der Waals surface area contributed by atoms with Crippen LogP contribution in [0.2, 0.25) is 12.1 Å². The van der Waals surface area contributed by atoms with E-state index in [9.17, 15) is 0 Å². The molecule has 0 aromatic rings. The van der Waals surface area contributed by atoms with Crippen LogP contribution < -0.4 is 0 Å². The standard InChI is InChI=1S/C28H60O2Si/c1-5-7-9-11-13-15-17-19-21-23-25-27-31(29-3,30-4)28-26-24-22-20-18-16-14-12-10-8-6-2/h5-28H2,1-4H3. The highest BCUT2D eigenvalue weighted by Crippen LogP contribution is 2.25. The summed E-state index contributed by atoms with van der Waals surface area (Å²) >= 11 is 0. The molecule has 0 aromatic carbocycles. The van der Waals surface area contributed by atoms with E-state index in [2.05, 4.69) is 13.8 Å². The molecule has 0 aliphatic carbocycles. The van der Waals surface area contributed by atoms with Crippen molar-refractivity contribution in [2.75, 3.05) is 14.2 Å². The number of hydrogen-bond acceptors (Lipinski definition) is 2. The molecule has 0 aliphatic heterocycles. The van der Waals surface area contributed by atoms with Gasteiger partial charge < -0.3 is 8.85 Å². The molecule has 0 aromatic heterocycles. The Morgan fingerprint density at radius 2 is 0.581 bits per heavy atom. The van der Waals surface area contributed by atoms with E-state index in [1.165, 1.54) is 153 Å². The fourth-order valence-electron chi connectivity index (χ4n) is 4.73. The van der Waals surface area contributed by atoms with Gasteiger partial charge in [-0.3, -0.25) is 0 Å². The third-order valence-corrected chi connectivity index (χ3v) is 10.8. The van der Waals surface area contributed by atoms with Gasteiger partial charge in [0, 0.05) is 14.2 Å². The van der Waals surface area contributed by atoms with Gasteiger partial charge in [0.25, 0.3) is 0 Å². The molecule has 0 bridgehead atoms. The van der Waals surface area contributed by atoms with Gasteiger partial charge in [0.2, 0.25) is 0 Å². The third kappa shape index (κ3) is 20.5. The zero-order valence-electron chi connectivity index (χ0n) is 22.3. The molecular weight excluding hydrogens is 396 g/mol. The second-order valence-corrected chi connectivity index (χ2v) is 13.5. The molecule has 0 fully saturated rings. The fourth-order valence-corrected chi connectivity index (χ4v) is 7.54. The maximum atomic E-state index is 5.99. The first-order chi connectivity index (χ1) is 15.2. The fraction of sp³-hybridized carbons (Fsp3) is 1.00. The lowest BCUT2D eigenvalue weighted by atomic mass is 10.1. The van der Waals surface area contributed by atoms with Crippen molar-refractivity contribution in [1.29, 1.82) is 0 Å². The van der Waals surface area contributed by atoms with Crippen LogP contribution in [0.4, 0.5) is 0 Å². The van der Waals surface area contributed by atoms with Crippen molar-refractivity contribution in [3.63, 3.8) is 0 Å². The van der Waals surface area contributed by atoms with E-state index in [0.717, 1.165) is 0 Å². The van der Waals surface area contributed by atoms with Crippen LogP contribution >= 0.6 is 0 Å². The van der Waals surface area contributed by atoms with Crippen LogP contribution in [0.25, 0.3) is 0 Å². The average molecular weight is 457 g/mol. The van der Waals surface area contributed by atoms with Gasteiger partial charge in [-0.15, -0.1) is 0 Å². The van der Waals surface area contributed by atoms with E-state index < -0.39 is 8.56 Å². The van der Waals surface area contributed by atoms with Crippen molar-refractivity contribution in [2.24, 2.45) is 0 Å². The minimum Gasteiger partial charge on any atom is -0.398 e. The summed E-state index contributed by atoms with van der Waals surface area (Å²) in [6.07, 6.45) is 30.9. The Morgan fingerprint density at radius 1 is 0.355 bits per heavy atom. The smallest absolute Gasteiger partial charge is 0.337 e. The first kappa shape index (κ1) is 31.1. The Balaban J connectivity index is 3.61. The summed E-state index contributed by atoms with van der Waals surface area (Å²) < 4.78 is 12.0. The molecule has 0 amide bonds. The molecule has 0 saturated carbocycles. The van der Waals surface area contributed by atoms with Crippen LogP contribution in [0.1, 0.15) is 155 Å². The Labute approximate surface area is 198 Å². The Hall–Kier alpha value is 0.137. The minimum absolute atomic E-state index is 1.19. The second kappa shape index (κ2) is 24.8. The van der Waals surface area contributed by atoms with Crippen LogP contribution in [0.15, 0.2) is 0 Å². The predicted octanol–water partition coefficient (Wildman–Crippen LogP) is 10.3. The van der Waals surface area contributed by atoms with Crippen molar-refractivity contribution in [3.05, 3.63) is 0 Å². The quantitative estimate of drug-likeness (QED) is 0.0951. The van der Waals surface area contributed by atoms with Gasteiger partial charge in [0.05, 0.1) is 0 Å². The van der Waals surface area contributed by atoms with Crippen LogP contribution in [-0.4, -0.2) is 22.8 Å². The zero-order valence-corrected chi connectivity index (χ0v) is 23.3. The second-order valence-electron chi connectivity index (χ2n) is 9.89. The van der Waals surface area contributed by atoms with Crippen LogP contribution in [0.5, 0.6) is 0 Å². The molecule has 3 heteroatoms. The van der Waals surface area contributed by atoms with E-state index >= 15 is 0 Å². The van der Waals surface area contributed by atoms with Gasteiger partial charge in [-0.2, -0.15) is 0 Å². The van der Waals surface area contributed by atoms with Crippen molar-refractivity contribution < 1.29 is 8.85 Å². The first-order valence-corrected chi connectivity index (χ1v) is 16.6. The lowest BCUT2D eigenvalue weighted by Gasteiger charge is -2.27. The summed E-state index contributed by atoms with van der Waals surface area (Å²) in [7, 11) is 1.86. The van der Waals surface area contributed by atoms with Gasteiger partial charge in [-0.1, -0.05) is 155 Å². The SMILES string of the molecule is CCCCCCCCCCCCC[Si](CCCCCCCCCCCCC)(OC)OC. The van der Waals surface area contributed by atoms with Crippen molar-refractivity contribution >= 4 is 8.56 Å². The summed E-state index contributed by atoms with van der Waals surface area (Å²) in [6.45, 7) is 4.59. The molecule has 2 nitrogen and oxygen atoms in total. The van der Waals surface area contributed by atoms with Gasteiger partial charge in [-0.25, -0.2) is 0 Å². The molecular formula is C28H60O2Si. The summed E-state index contributed by atoms with van der Waals surface area (Å²) in [5.41, 5.74) is 0. The van der Waals surface area contributed by atoms with E-state index in [-0.39, 0.29) is 0 Å². The van der Waals surface area contributed by atoms with Crippen LogP contribution in [0.3, 0.4) is 0 Å². The van der Waals surface area contributed by atoms with Crippen LogP contribution in [-0.2, 0) is 8.85 Å². The lowest BCUT2D eigenvalue weighted by Crippen LogP contribution is -2.39. The van der Waals surface area contributed by atoms with Gasteiger partial charge in [0.1, 0.15) is 0 Å². The summed E-state index contributed by atoms with van der Waals surface area (Å²) in [4.78, 5) is 0. The molecule has 0 aliphatic rings. The summed E-state index contributed by atoms with van der Waals surface area (Å²) in [5, 5.41) is 0. The minimum atomic E-state index is -1.93. The summed E-state index contributed by atoms with van der Waals surface area (Å²) in [6, 6.07) is 2.38. The molecule has 0 unspecified atom stereocenters. The van der Waals surface area contributed by atoms with E-state index in [4.69, 9.17) is 8.85 Å². The normalized spacial score (nSPS) is 12.0. The Bertz CT molecular complexity index is 303. The van der Waals surface area contributed by atoms with Crippen molar-refractivity contribution in [1.82, 2.24) is 0 Å². The highest BCUT2D eigenvalue weighted by molar-refractivity contribution is 6.67. The van der Waals surface area contributed by atoms with Gasteiger partial charge in [0.15, 0.2) is 0 Å². The first-order valence-electron chi connectivity index (χ1n) is 14.3. The maximum absolute atomic E-state index is 5.99. The molecule has 31 heavy (non-hydrogen) atoms. The van der Waals surface area contributed by atoms with Crippen molar-refractivity contribution in [2.45, 2.75) is 167 Å². The Kier molecular flexibility index (Phi) is 24.9. The number of rotatable bonds is 26. The lowest BCUT2D eigenvalue weighted by molar-refractivity contribution is 0.238. The molecule has 0 spiro atoms. The molecule has 0 heterocycles. The molecule has 188 valence electrons. The molecule has 0 atom stereocenters. The van der Waals surface area contributed by atoms with E-state index in [0.29, 0.717) is 0 Å². The largest absolute Gasteiger partial charge is 0.398 e. The van der Waals surface area contributed by atoms with E-state index in [1.54, 1.807) is 0 Å². The monoisotopic (exact) mass is 456 g/mol. The third-order valence-electron chi connectivity index (χ3n) is 7.07. The summed E-state index contributed by atoms with van der Waals surface area (Å²) in [5.74, 6) is 0. The van der Waals surface area contributed by atoms with Gasteiger partial charge >= 0.3 is 8.56 Å². The predicted molar refractivity (Wildman–Crippen MR) is 142 cm³/mol. The molecule has 0 rings (SSSR count). The molecule has 0 radical (unpaired) electrons. The molecule has 0 N–H and O–H groups in total. The average Bonchev–Trinajstić information content (AvgIpc) is 2.79. The topological polar surface area (TPSA) is 18.5 Å². The van der Waals surface area contributed by atoms with Gasteiger partial charge in [-0.05, 0) is 12.1 Å². The number of hydrogen-bond donors (Lipinski definition) is 0. The van der Waals surface area contributed by atoms with E-state index in [1.807, 2.05) is 14.2 Å². The zero-order chi connectivity index (χ0) is 22.9.